The predicted octanol–water partition coefficient (Wildman–Crippen LogP) is 2.38. The predicted molar refractivity (Wildman–Crippen MR) is 86.8 cm³/mol. The second-order valence-corrected chi connectivity index (χ2v) is 7.50. The SMILES string of the molecule is O=S(=O)(NC1CCN(Cc2ccccc2)C1)c1ccc(F)cc1. The molecule has 1 unspecified atom stereocenters. The Morgan fingerprint density at radius 1 is 1.09 bits per heavy atom. The second-order valence-electron chi connectivity index (χ2n) is 5.78. The highest BCUT2D eigenvalue weighted by molar-refractivity contribution is 7.89. The van der Waals surface area contributed by atoms with Gasteiger partial charge in [-0.1, -0.05) is 30.3 Å². The van der Waals surface area contributed by atoms with Crippen LogP contribution in [0.15, 0.2) is 59.5 Å². The van der Waals surface area contributed by atoms with Crippen LogP contribution >= 0.6 is 0 Å². The summed E-state index contributed by atoms with van der Waals surface area (Å²) in [6.07, 6.45) is 0.771. The molecule has 0 radical (unpaired) electrons. The molecule has 0 aliphatic carbocycles. The van der Waals surface area contributed by atoms with Crippen molar-refractivity contribution >= 4 is 10.0 Å². The minimum absolute atomic E-state index is 0.0976. The van der Waals surface area contributed by atoms with Crippen LogP contribution in [0.25, 0.3) is 0 Å². The molecule has 1 aliphatic rings. The van der Waals surface area contributed by atoms with Crippen LogP contribution in [0, 0.1) is 5.82 Å². The lowest BCUT2D eigenvalue weighted by atomic mass is 10.2. The third kappa shape index (κ3) is 4.16. The van der Waals surface area contributed by atoms with Crippen molar-refractivity contribution in [1.29, 1.82) is 0 Å². The van der Waals surface area contributed by atoms with Crippen molar-refractivity contribution < 1.29 is 12.8 Å². The highest BCUT2D eigenvalue weighted by atomic mass is 32.2. The van der Waals surface area contributed by atoms with Crippen molar-refractivity contribution in [2.45, 2.75) is 23.9 Å². The Kier molecular flexibility index (Phi) is 4.75. The summed E-state index contributed by atoms with van der Waals surface area (Å²) in [5.74, 6) is -0.446. The molecule has 6 heteroatoms. The van der Waals surface area contributed by atoms with E-state index in [0.29, 0.717) is 6.54 Å². The van der Waals surface area contributed by atoms with E-state index in [4.69, 9.17) is 0 Å². The van der Waals surface area contributed by atoms with E-state index in [9.17, 15) is 12.8 Å². The molecule has 1 aliphatic heterocycles. The normalized spacial score (nSPS) is 19.1. The van der Waals surface area contributed by atoms with Crippen LogP contribution in [0.2, 0.25) is 0 Å². The van der Waals surface area contributed by atoms with Gasteiger partial charge in [0.15, 0.2) is 0 Å². The van der Waals surface area contributed by atoms with Gasteiger partial charge in [0.25, 0.3) is 0 Å². The van der Waals surface area contributed by atoms with Gasteiger partial charge in [-0.15, -0.1) is 0 Å². The van der Waals surface area contributed by atoms with Crippen molar-refractivity contribution in [1.82, 2.24) is 9.62 Å². The first-order chi connectivity index (χ1) is 11.0. The molecule has 0 saturated carbocycles. The molecule has 1 atom stereocenters. The first-order valence-electron chi connectivity index (χ1n) is 7.57. The number of hydrogen-bond acceptors (Lipinski definition) is 3. The van der Waals surface area contributed by atoms with Crippen molar-refractivity contribution in [2.24, 2.45) is 0 Å². The molecule has 3 rings (SSSR count). The number of benzene rings is 2. The fourth-order valence-corrected chi connectivity index (χ4v) is 4.08. The number of sulfonamides is 1. The monoisotopic (exact) mass is 334 g/mol. The molecule has 1 N–H and O–H groups in total. The topological polar surface area (TPSA) is 49.4 Å². The van der Waals surface area contributed by atoms with E-state index >= 15 is 0 Å². The molecule has 0 aromatic heterocycles. The largest absolute Gasteiger partial charge is 0.297 e. The van der Waals surface area contributed by atoms with Crippen LogP contribution in [0.1, 0.15) is 12.0 Å². The smallest absolute Gasteiger partial charge is 0.240 e. The number of nitrogens with one attached hydrogen (secondary N) is 1. The minimum atomic E-state index is -3.60. The quantitative estimate of drug-likeness (QED) is 0.913. The molecule has 1 heterocycles. The van der Waals surface area contributed by atoms with Crippen LogP contribution in [0.5, 0.6) is 0 Å². The van der Waals surface area contributed by atoms with E-state index in [0.717, 1.165) is 31.6 Å². The zero-order chi connectivity index (χ0) is 16.3. The molecule has 23 heavy (non-hydrogen) atoms. The van der Waals surface area contributed by atoms with Gasteiger partial charge in [-0.25, -0.2) is 17.5 Å². The average Bonchev–Trinajstić information content (AvgIpc) is 2.95. The maximum absolute atomic E-state index is 12.9. The third-order valence-electron chi connectivity index (χ3n) is 3.97. The molecule has 0 bridgehead atoms. The Morgan fingerprint density at radius 3 is 2.48 bits per heavy atom. The van der Waals surface area contributed by atoms with Crippen molar-refractivity contribution in [3.63, 3.8) is 0 Å². The Bertz CT molecular complexity index is 748. The van der Waals surface area contributed by atoms with Gasteiger partial charge in [0.2, 0.25) is 10.0 Å². The lowest BCUT2D eigenvalue weighted by Crippen LogP contribution is -2.36. The Balaban J connectivity index is 1.60. The van der Waals surface area contributed by atoms with Gasteiger partial charge in [0, 0.05) is 25.7 Å². The fraction of sp³-hybridized carbons (Fsp3) is 0.294. The van der Waals surface area contributed by atoms with Gasteiger partial charge in [-0.3, -0.25) is 4.90 Å². The van der Waals surface area contributed by atoms with E-state index in [1.54, 1.807) is 0 Å². The zero-order valence-electron chi connectivity index (χ0n) is 12.7. The standard InChI is InChI=1S/C17H19FN2O2S/c18-15-6-8-17(9-7-15)23(21,22)19-16-10-11-20(13-16)12-14-4-2-1-3-5-14/h1-9,16,19H,10-13H2. The summed E-state index contributed by atoms with van der Waals surface area (Å²) in [7, 11) is -3.60. The average molecular weight is 334 g/mol. The van der Waals surface area contributed by atoms with Crippen LogP contribution in [0.4, 0.5) is 4.39 Å². The summed E-state index contributed by atoms with van der Waals surface area (Å²) in [6, 6.07) is 14.9. The Morgan fingerprint density at radius 2 is 1.78 bits per heavy atom. The lowest BCUT2D eigenvalue weighted by molar-refractivity contribution is 0.324. The molecule has 0 amide bonds. The van der Waals surface area contributed by atoms with Crippen molar-refractivity contribution in [3.8, 4) is 0 Å². The molecule has 1 saturated heterocycles. The maximum atomic E-state index is 12.9. The van der Waals surface area contributed by atoms with E-state index in [2.05, 4.69) is 21.8 Å². The molecular weight excluding hydrogens is 315 g/mol. The summed E-state index contributed by atoms with van der Waals surface area (Å²) < 4.78 is 40.3. The molecule has 2 aromatic rings. The van der Waals surface area contributed by atoms with E-state index in [-0.39, 0.29) is 10.9 Å². The maximum Gasteiger partial charge on any atom is 0.240 e. The van der Waals surface area contributed by atoms with Crippen molar-refractivity contribution in [2.75, 3.05) is 13.1 Å². The molecule has 0 spiro atoms. The fourth-order valence-electron chi connectivity index (χ4n) is 2.82. The van der Waals surface area contributed by atoms with Gasteiger partial charge >= 0.3 is 0 Å². The Hall–Kier alpha value is -1.76. The van der Waals surface area contributed by atoms with E-state index in [1.807, 2.05) is 18.2 Å². The summed E-state index contributed by atoms with van der Waals surface area (Å²) in [6.45, 7) is 2.34. The van der Waals surface area contributed by atoms with Crippen LogP contribution < -0.4 is 4.72 Å². The van der Waals surface area contributed by atoms with Crippen molar-refractivity contribution in [3.05, 3.63) is 66.0 Å². The summed E-state index contributed by atoms with van der Waals surface area (Å²) in [5.41, 5.74) is 1.22. The van der Waals surface area contributed by atoms with Gasteiger partial charge in [-0.05, 0) is 36.2 Å². The molecular formula is C17H19FN2O2S. The summed E-state index contributed by atoms with van der Waals surface area (Å²) >= 11 is 0. The Labute approximate surface area is 136 Å². The molecule has 122 valence electrons. The first kappa shape index (κ1) is 16.1. The van der Waals surface area contributed by atoms with Crippen LogP contribution in [-0.2, 0) is 16.6 Å². The van der Waals surface area contributed by atoms with Crippen LogP contribution in [-0.4, -0.2) is 32.4 Å². The lowest BCUT2D eigenvalue weighted by Gasteiger charge is -2.17. The van der Waals surface area contributed by atoms with Gasteiger partial charge in [0.05, 0.1) is 4.90 Å². The highest BCUT2D eigenvalue weighted by Crippen LogP contribution is 2.16. The van der Waals surface area contributed by atoms with E-state index < -0.39 is 15.8 Å². The van der Waals surface area contributed by atoms with Crippen LogP contribution in [0.3, 0.4) is 0 Å². The van der Waals surface area contributed by atoms with Gasteiger partial charge in [0.1, 0.15) is 5.82 Å². The minimum Gasteiger partial charge on any atom is -0.297 e. The number of rotatable bonds is 5. The number of likely N-dealkylation sites (tertiary alicyclic amines) is 1. The zero-order valence-corrected chi connectivity index (χ0v) is 13.5. The number of hydrogen-bond donors (Lipinski definition) is 1. The highest BCUT2D eigenvalue weighted by Gasteiger charge is 2.27. The number of halogens is 1. The van der Waals surface area contributed by atoms with Gasteiger partial charge in [-0.2, -0.15) is 0 Å². The molecule has 1 fully saturated rings. The summed E-state index contributed by atoms with van der Waals surface area (Å²) in [5, 5.41) is 0. The third-order valence-corrected chi connectivity index (χ3v) is 5.50. The second kappa shape index (κ2) is 6.78. The van der Waals surface area contributed by atoms with E-state index in [1.165, 1.54) is 17.7 Å². The molecule has 2 aromatic carbocycles. The number of nitrogens with zero attached hydrogens (tertiary/aromatic N) is 1. The first-order valence-corrected chi connectivity index (χ1v) is 9.05. The van der Waals surface area contributed by atoms with Gasteiger partial charge < -0.3 is 0 Å². The summed E-state index contributed by atoms with van der Waals surface area (Å²) in [4.78, 5) is 2.33. The molecule has 4 nitrogen and oxygen atoms in total.